The first-order valence-electron chi connectivity index (χ1n) is 7.77. The standard InChI is InChI=1S/C18H19N5O2/c1-11-8-15(13(3)23(11)17-9-12(2)25-22-17)10-20-21-18(24)14-4-6-16(19)7-5-14/h4-10H,19H2,1-3H3,(H,21,24)/b20-10-. The van der Waals surface area contributed by atoms with Gasteiger partial charge < -0.3 is 10.3 Å². The molecule has 0 aliphatic rings. The van der Waals surface area contributed by atoms with Gasteiger partial charge in [-0.1, -0.05) is 5.16 Å². The quantitative estimate of drug-likeness (QED) is 0.434. The van der Waals surface area contributed by atoms with E-state index in [-0.39, 0.29) is 5.91 Å². The molecule has 3 rings (SSSR count). The van der Waals surface area contributed by atoms with Crippen LogP contribution in [0.4, 0.5) is 5.69 Å². The molecule has 2 heterocycles. The third-order valence-electron chi connectivity index (χ3n) is 3.86. The summed E-state index contributed by atoms with van der Waals surface area (Å²) in [5.41, 5.74) is 12.1. The van der Waals surface area contributed by atoms with Gasteiger partial charge in [0, 0.05) is 34.3 Å². The van der Waals surface area contributed by atoms with Crippen LogP contribution in [0.15, 0.2) is 46.0 Å². The smallest absolute Gasteiger partial charge is 0.271 e. The Kier molecular flexibility index (Phi) is 4.38. The van der Waals surface area contributed by atoms with Crippen molar-refractivity contribution in [2.75, 3.05) is 5.73 Å². The van der Waals surface area contributed by atoms with Crippen LogP contribution in [0.2, 0.25) is 0 Å². The van der Waals surface area contributed by atoms with Crippen LogP contribution in [0.25, 0.3) is 5.82 Å². The molecule has 0 aliphatic carbocycles. The highest BCUT2D eigenvalue weighted by Gasteiger charge is 2.12. The summed E-state index contributed by atoms with van der Waals surface area (Å²) >= 11 is 0. The van der Waals surface area contributed by atoms with E-state index >= 15 is 0 Å². The molecule has 128 valence electrons. The second-order valence-electron chi connectivity index (χ2n) is 5.78. The van der Waals surface area contributed by atoms with E-state index in [1.807, 2.05) is 37.5 Å². The molecular weight excluding hydrogens is 318 g/mol. The third-order valence-corrected chi connectivity index (χ3v) is 3.86. The number of aromatic nitrogens is 2. The molecule has 25 heavy (non-hydrogen) atoms. The van der Waals surface area contributed by atoms with Crippen molar-refractivity contribution in [2.24, 2.45) is 5.10 Å². The van der Waals surface area contributed by atoms with Crippen LogP contribution in [-0.4, -0.2) is 21.8 Å². The zero-order valence-electron chi connectivity index (χ0n) is 14.3. The van der Waals surface area contributed by atoms with Crippen LogP contribution in [0.1, 0.15) is 33.1 Å². The first-order valence-corrected chi connectivity index (χ1v) is 7.77. The maximum atomic E-state index is 12.0. The number of hydrogen-bond acceptors (Lipinski definition) is 5. The maximum absolute atomic E-state index is 12.0. The van der Waals surface area contributed by atoms with Crippen LogP contribution >= 0.6 is 0 Å². The van der Waals surface area contributed by atoms with Crippen molar-refractivity contribution < 1.29 is 9.32 Å². The predicted molar refractivity (Wildman–Crippen MR) is 96.0 cm³/mol. The molecule has 0 bridgehead atoms. The van der Waals surface area contributed by atoms with Crippen LogP contribution < -0.4 is 11.2 Å². The predicted octanol–water partition coefficient (Wildman–Crippen LogP) is 2.74. The summed E-state index contributed by atoms with van der Waals surface area (Å²) in [5.74, 6) is 1.17. The zero-order valence-corrected chi connectivity index (χ0v) is 14.3. The highest BCUT2D eigenvalue weighted by Crippen LogP contribution is 2.19. The fraction of sp³-hybridized carbons (Fsp3) is 0.167. The van der Waals surface area contributed by atoms with Crippen molar-refractivity contribution >= 4 is 17.8 Å². The van der Waals surface area contributed by atoms with Crippen molar-refractivity contribution in [2.45, 2.75) is 20.8 Å². The average Bonchev–Trinajstić information content (AvgIpc) is 3.11. The SMILES string of the molecule is Cc1cc(-n2c(C)cc(/C=N\NC(=O)c3ccc(N)cc3)c2C)no1. The van der Waals surface area contributed by atoms with Gasteiger partial charge >= 0.3 is 0 Å². The lowest BCUT2D eigenvalue weighted by Crippen LogP contribution is -2.17. The number of nitrogens with two attached hydrogens (primary N) is 1. The Labute approximate surface area is 145 Å². The molecule has 0 saturated carbocycles. The highest BCUT2D eigenvalue weighted by atomic mass is 16.5. The fourth-order valence-electron chi connectivity index (χ4n) is 2.59. The number of nitrogens with zero attached hydrogens (tertiary/aromatic N) is 3. The van der Waals surface area contributed by atoms with Crippen LogP contribution in [0.3, 0.4) is 0 Å². The summed E-state index contributed by atoms with van der Waals surface area (Å²) in [7, 11) is 0. The molecule has 7 nitrogen and oxygen atoms in total. The number of amides is 1. The second-order valence-corrected chi connectivity index (χ2v) is 5.78. The van der Waals surface area contributed by atoms with Gasteiger partial charge in [-0.25, -0.2) is 5.43 Å². The molecule has 0 unspecified atom stereocenters. The highest BCUT2D eigenvalue weighted by molar-refractivity contribution is 5.95. The van der Waals surface area contributed by atoms with E-state index in [2.05, 4.69) is 15.7 Å². The number of anilines is 1. The van der Waals surface area contributed by atoms with Gasteiger partial charge in [-0.05, 0) is 51.1 Å². The minimum absolute atomic E-state index is 0.294. The molecule has 7 heteroatoms. The van der Waals surface area contributed by atoms with Crippen molar-refractivity contribution in [3.63, 3.8) is 0 Å². The third kappa shape index (κ3) is 3.45. The molecule has 0 radical (unpaired) electrons. The zero-order chi connectivity index (χ0) is 18.0. The monoisotopic (exact) mass is 337 g/mol. The molecule has 0 saturated heterocycles. The molecule has 0 fully saturated rings. The minimum atomic E-state index is -0.294. The van der Waals surface area contributed by atoms with E-state index in [4.69, 9.17) is 10.3 Å². The molecule has 0 aliphatic heterocycles. The first-order chi connectivity index (χ1) is 12.0. The number of carbonyl (C=O) groups is 1. The summed E-state index contributed by atoms with van der Waals surface area (Å²) in [6.07, 6.45) is 1.61. The largest absolute Gasteiger partial charge is 0.399 e. The van der Waals surface area contributed by atoms with E-state index in [0.717, 1.165) is 28.5 Å². The molecule has 0 spiro atoms. The van der Waals surface area contributed by atoms with Gasteiger partial charge in [0.15, 0.2) is 5.82 Å². The average molecular weight is 337 g/mol. The van der Waals surface area contributed by atoms with E-state index < -0.39 is 0 Å². The molecule has 2 aromatic heterocycles. The number of nitrogens with one attached hydrogen (secondary N) is 1. The van der Waals surface area contributed by atoms with Gasteiger partial charge in [0.25, 0.3) is 5.91 Å². The Morgan fingerprint density at radius 2 is 1.96 bits per heavy atom. The fourth-order valence-corrected chi connectivity index (χ4v) is 2.59. The lowest BCUT2D eigenvalue weighted by molar-refractivity contribution is 0.0955. The van der Waals surface area contributed by atoms with Crippen LogP contribution in [-0.2, 0) is 0 Å². The molecule has 3 aromatic rings. The number of aryl methyl sites for hydroxylation is 2. The van der Waals surface area contributed by atoms with Gasteiger partial charge in [-0.15, -0.1) is 0 Å². The Hall–Kier alpha value is -3.35. The van der Waals surface area contributed by atoms with Gasteiger partial charge in [0.1, 0.15) is 5.76 Å². The first kappa shape index (κ1) is 16.5. The summed E-state index contributed by atoms with van der Waals surface area (Å²) < 4.78 is 7.11. The van der Waals surface area contributed by atoms with E-state index in [0.29, 0.717) is 11.3 Å². The molecule has 0 atom stereocenters. The number of hydrogen-bond donors (Lipinski definition) is 2. The Bertz CT molecular complexity index is 935. The Morgan fingerprint density at radius 1 is 1.24 bits per heavy atom. The number of rotatable bonds is 4. The summed E-state index contributed by atoms with van der Waals surface area (Å²) in [4.78, 5) is 12.0. The summed E-state index contributed by atoms with van der Waals surface area (Å²) in [6, 6.07) is 10.5. The van der Waals surface area contributed by atoms with Crippen molar-refractivity contribution in [1.82, 2.24) is 15.1 Å². The molecular formula is C18H19N5O2. The number of hydrazone groups is 1. The minimum Gasteiger partial charge on any atom is -0.399 e. The topological polar surface area (TPSA) is 98.4 Å². The Morgan fingerprint density at radius 3 is 2.60 bits per heavy atom. The summed E-state index contributed by atoms with van der Waals surface area (Å²) in [5, 5.41) is 8.08. The van der Waals surface area contributed by atoms with E-state index in [9.17, 15) is 4.79 Å². The Balaban J connectivity index is 1.76. The normalized spacial score (nSPS) is 11.2. The van der Waals surface area contributed by atoms with Gasteiger partial charge in [0.2, 0.25) is 0 Å². The summed E-state index contributed by atoms with van der Waals surface area (Å²) in [6.45, 7) is 5.78. The van der Waals surface area contributed by atoms with Crippen molar-refractivity contribution in [3.8, 4) is 5.82 Å². The number of carbonyl (C=O) groups excluding carboxylic acids is 1. The van der Waals surface area contributed by atoms with E-state index in [1.54, 1.807) is 30.5 Å². The second kappa shape index (κ2) is 6.64. The number of nitrogen functional groups attached to an aromatic ring is 1. The van der Waals surface area contributed by atoms with Gasteiger partial charge in [-0.3, -0.25) is 9.36 Å². The van der Waals surface area contributed by atoms with Crippen LogP contribution in [0, 0.1) is 20.8 Å². The molecule has 1 aromatic carbocycles. The van der Waals surface area contributed by atoms with Crippen LogP contribution in [0.5, 0.6) is 0 Å². The number of benzene rings is 1. The lowest BCUT2D eigenvalue weighted by atomic mass is 10.2. The molecule has 3 N–H and O–H groups in total. The van der Waals surface area contributed by atoms with E-state index in [1.165, 1.54) is 0 Å². The maximum Gasteiger partial charge on any atom is 0.271 e. The van der Waals surface area contributed by atoms with Gasteiger partial charge in [0.05, 0.1) is 6.21 Å². The van der Waals surface area contributed by atoms with Crippen molar-refractivity contribution in [1.29, 1.82) is 0 Å². The van der Waals surface area contributed by atoms with Crippen molar-refractivity contribution in [3.05, 3.63) is 64.7 Å². The molecule has 1 amide bonds. The van der Waals surface area contributed by atoms with Gasteiger partial charge in [-0.2, -0.15) is 5.10 Å². The lowest BCUT2D eigenvalue weighted by Gasteiger charge is -2.04.